The van der Waals surface area contributed by atoms with Gasteiger partial charge in [0.15, 0.2) is 5.13 Å². The highest BCUT2D eigenvalue weighted by molar-refractivity contribution is 7.99. The third-order valence-electron chi connectivity index (χ3n) is 2.65. The number of thiazole rings is 1. The van der Waals surface area contributed by atoms with Crippen LogP contribution in [0, 0.1) is 0 Å². The van der Waals surface area contributed by atoms with E-state index in [9.17, 15) is 0 Å². The molecular formula is C11H18N2S2. The fourth-order valence-corrected chi connectivity index (χ4v) is 4.12. The number of anilines is 1. The Bertz CT molecular complexity index is 293. The fourth-order valence-electron chi connectivity index (χ4n) is 1.86. The molecule has 0 unspecified atom stereocenters. The quantitative estimate of drug-likeness (QED) is 0.851. The Labute approximate surface area is 99.9 Å². The number of hydrogen-bond donors (Lipinski definition) is 1. The summed E-state index contributed by atoms with van der Waals surface area (Å²) in [7, 11) is 0. The van der Waals surface area contributed by atoms with E-state index < -0.39 is 0 Å². The molecule has 0 bridgehead atoms. The van der Waals surface area contributed by atoms with Crippen molar-refractivity contribution in [2.24, 2.45) is 0 Å². The standard InChI is InChI=1S/C11H18N2S2/c1-2-12-11-13-7-10(15-11)8-14-9-5-3-4-6-9/h7,9H,2-6,8H2,1H3,(H,12,13). The van der Waals surface area contributed by atoms with Gasteiger partial charge in [0.05, 0.1) is 0 Å². The molecule has 0 spiro atoms. The van der Waals surface area contributed by atoms with Crippen molar-refractivity contribution in [3.8, 4) is 0 Å². The summed E-state index contributed by atoms with van der Waals surface area (Å²) in [6, 6.07) is 0. The molecule has 2 rings (SSSR count). The number of nitrogens with zero attached hydrogens (tertiary/aromatic N) is 1. The average Bonchev–Trinajstić information content (AvgIpc) is 2.85. The van der Waals surface area contributed by atoms with Crippen LogP contribution in [0.4, 0.5) is 5.13 Å². The Morgan fingerprint density at radius 3 is 3.07 bits per heavy atom. The maximum atomic E-state index is 4.35. The van der Waals surface area contributed by atoms with Crippen LogP contribution >= 0.6 is 23.1 Å². The van der Waals surface area contributed by atoms with Crippen LogP contribution in [0.2, 0.25) is 0 Å². The zero-order valence-electron chi connectivity index (χ0n) is 9.16. The van der Waals surface area contributed by atoms with Crippen LogP contribution in [0.3, 0.4) is 0 Å². The van der Waals surface area contributed by atoms with Gasteiger partial charge in [-0.25, -0.2) is 4.98 Å². The van der Waals surface area contributed by atoms with E-state index in [-0.39, 0.29) is 0 Å². The Morgan fingerprint density at radius 1 is 1.53 bits per heavy atom. The number of thioether (sulfide) groups is 1. The summed E-state index contributed by atoms with van der Waals surface area (Å²) >= 11 is 3.91. The molecule has 0 aromatic carbocycles. The van der Waals surface area contributed by atoms with Crippen molar-refractivity contribution in [1.29, 1.82) is 0 Å². The van der Waals surface area contributed by atoms with Gasteiger partial charge in [-0.1, -0.05) is 12.8 Å². The van der Waals surface area contributed by atoms with Gasteiger partial charge in [-0.15, -0.1) is 11.3 Å². The van der Waals surface area contributed by atoms with E-state index in [1.807, 2.05) is 6.20 Å². The van der Waals surface area contributed by atoms with Gasteiger partial charge >= 0.3 is 0 Å². The van der Waals surface area contributed by atoms with E-state index in [1.54, 1.807) is 11.3 Å². The predicted octanol–water partition coefficient (Wildman–Crippen LogP) is 3.75. The predicted molar refractivity (Wildman–Crippen MR) is 69.8 cm³/mol. The highest BCUT2D eigenvalue weighted by Gasteiger charge is 2.15. The van der Waals surface area contributed by atoms with Crippen LogP contribution in [-0.4, -0.2) is 16.8 Å². The Kier molecular flexibility index (Phi) is 4.32. The van der Waals surface area contributed by atoms with Gasteiger partial charge in [0.2, 0.25) is 0 Å². The van der Waals surface area contributed by atoms with Crippen molar-refractivity contribution in [3.63, 3.8) is 0 Å². The van der Waals surface area contributed by atoms with Gasteiger partial charge in [0.25, 0.3) is 0 Å². The second kappa shape index (κ2) is 5.75. The molecule has 1 aromatic rings. The Hall–Kier alpha value is -0.220. The number of hydrogen-bond acceptors (Lipinski definition) is 4. The number of nitrogens with one attached hydrogen (secondary N) is 1. The molecule has 1 saturated carbocycles. The minimum Gasteiger partial charge on any atom is -0.362 e. The van der Waals surface area contributed by atoms with Gasteiger partial charge in [-0.2, -0.15) is 11.8 Å². The van der Waals surface area contributed by atoms with Gasteiger partial charge in [-0.3, -0.25) is 0 Å². The highest BCUT2D eigenvalue weighted by Crippen LogP contribution is 2.33. The van der Waals surface area contributed by atoms with E-state index in [1.165, 1.54) is 30.6 Å². The lowest BCUT2D eigenvalue weighted by Gasteiger charge is -2.05. The molecule has 15 heavy (non-hydrogen) atoms. The van der Waals surface area contributed by atoms with E-state index in [0.29, 0.717) is 0 Å². The first-order valence-corrected chi connectivity index (χ1v) is 7.55. The zero-order valence-corrected chi connectivity index (χ0v) is 10.8. The first kappa shape index (κ1) is 11.3. The normalized spacial score (nSPS) is 17.1. The molecule has 0 saturated heterocycles. The SMILES string of the molecule is CCNc1ncc(CSC2CCCC2)s1. The van der Waals surface area contributed by atoms with Crippen LogP contribution < -0.4 is 5.32 Å². The monoisotopic (exact) mass is 242 g/mol. The minimum absolute atomic E-state index is 0.912. The highest BCUT2D eigenvalue weighted by atomic mass is 32.2. The largest absolute Gasteiger partial charge is 0.362 e. The van der Waals surface area contributed by atoms with Crippen molar-refractivity contribution in [3.05, 3.63) is 11.1 Å². The van der Waals surface area contributed by atoms with Crippen molar-refractivity contribution >= 4 is 28.2 Å². The summed E-state index contributed by atoms with van der Waals surface area (Å²) in [5, 5.41) is 5.23. The summed E-state index contributed by atoms with van der Waals surface area (Å²) in [4.78, 5) is 5.75. The molecule has 1 aliphatic rings. The maximum Gasteiger partial charge on any atom is 0.182 e. The lowest BCUT2D eigenvalue weighted by Crippen LogP contribution is -1.94. The van der Waals surface area contributed by atoms with Crippen molar-refractivity contribution in [1.82, 2.24) is 4.98 Å². The first-order chi connectivity index (χ1) is 7.38. The number of rotatable bonds is 5. The lowest BCUT2D eigenvalue weighted by atomic mass is 10.4. The fraction of sp³-hybridized carbons (Fsp3) is 0.727. The van der Waals surface area contributed by atoms with Crippen LogP contribution in [0.25, 0.3) is 0 Å². The van der Waals surface area contributed by atoms with Crippen LogP contribution in [0.1, 0.15) is 37.5 Å². The molecule has 84 valence electrons. The van der Waals surface area contributed by atoms with Crippen molar-refractivity contribution in [2.45, 2.75) is 43.6 Å². The summed E-state index contributed by atoms with van der Waals surface area (Å²) in [5.74, 6) is 1.15. The number of aromatic nitrogens is 1. The van der Waals surface area contributed by atoms with Crippen molar-refractivity contribution < 1.29 is 0 Å². The first-order valence-electron chi connectivity index (χ1n) is 5.68. The van der Waals surface area contributed by atoms with E-state index in [4.69, 9.17) is 0 Å². The average molecular weight is 242 g/mol. The molecule has 1 heterocycles. The molecule has 1 fully saturated rings. The minimum atomic E-state index is 0.912. The molecule has 4 heteroatoms. The smallest absolute Gasteiger partial charge is 0.182 e. The zero-order chi connectivity index (χ0) is 10.5. The van der Waals surface area contributed by atoms with E-state index in [2.05, 4.69) is 29.0 Å². The topological polar surface area (TPSA) is 24.9 Å². The second-order valence-electron chi connectivity index (χ2n) is 3.88. The van der Waals surface area contributed by atoms with E-state index >= 15 is 0 Å². The Balaban J connectivity index is 1.77. The molecule has 2 nitrogen and oxygen atoms in total. The molecule has 0 atom stereocenters. The van der Waals surface area contributed by atoms with Crippen LogP contribution in [0.15, 0.2) is 6.20 Å². The molecular weight excluding hydrogens is 224 g/mol. The molecule has 0 aliphatic heterocycles. The second-order valence-corrected chi connectivity index (χ2v) is 6.28. The van der Waals surface area contributed by atoms with Gasteiger partial charge in [0, 0.05) is 28.6 Å². The van der Waals surface area contributed by atoms with Gasteiger partial charge in [-0.05, 0) is 19.8 Å². The third kappa shape index (κ3) is 3.38. The lowest BCUT2D eigenvalue weighted by molar-refractivity contribution is 0.886. The maximum absolute atomic E-state index is 4.35. The van der Waals surface area contributed by atoms with Crippen LogP contribution in [0.5, 0.6) is 0 Å². The van der Waals surface area contributed by atoms with E-state index in [0.717, 1.165) is 22.7 Å². The molecule has 1 aliphatic carbocycles. The van der Waals surface area contributed by atoms with Gasteiger partial charge < -0.3 is 5.32 Å². The molecule has 0 amide bonds. The van der Waals surface area contributed by atoms with Crippen LogP contribution in [-0.2, 0) is 5.75 Å². The molecule has 1 N–H and O–H groups in total. The summed E-state index contributed by atoms with van der Waals surface area (Å²) in [6.07, 6.45) is 7.73. The summed E-state index contributed by atoms with van der Waals surface area (Å²) in [5.41, 5.74) is 0. The van der Waals surface area contributed by atoms with Gasteiger partial charge in [0.1, 0.15) is 0 Å². The van der Waals surface area contributed by atoms with Crippen molar-refractivity contribution in [2.75, 3.05) is 11.9 Å². The molecule has 0 radical (unpaired) electrons. The molecule has 1 aromatic heterocycles. The third-order valence-corrected chi connectivity index (χ3v) is 5.20. The Morgan fingerprint density at radius 2 is 2.33 bits per heavy atom. The summed E-state index contributed by atoms with van der Waals surface area (Å²) < 4.78 is 0. The summed E-state index contributed by atoms with van der Waals surface area (Å²) in [6.45, 7) is 3.07.